The molecule has 2 aromatic heterocycles. The van der Waals surface area contributed by atoms with Crippen molar-refractivity contribution in [2.24, 2.45) is 9.98 Å². The third-order valence-corrected chi connectivity index (χ3v) is 9.65. The van der Waals surface area contributed by atoms with Crippen molar-refractivity contribution in [2.45, 2.75) is 23.6 Å². The van der Waals surface area contributed by atoms with Crippen molar-refractivity contribution in [1.82, 2.24) is 19.9 Å². The number of nitrogens with one attached hydrogen (secondary N) is 2. The van der Waals surface area contributed by atoms with Gasteiger partial charge in [-0.3, -0.25) is 9.98 Å². The molecule has 6 rings (SSSR count). The molecule has 0 saturated heterocycles. The van der Waals surface area contributed by atoms with Crippen molar-refractivity contribution in [1.29, 1.82) is 0 Å². The Balaban J connectivity index is 0.000000232. The zero-order valence-electron chi connectivity index (χ0n) is 28.2. The molecule has 6 aromatic rings. The fourth-order valence-electron chi connectivity index (χ4n) is 4.28. The van der Waals surface area contributed by atoms with Crippen LogP contribution in [0.15, 0.2) is 141 Å². The van der Waals surface area contributed by atoms with Gasteiger partial charge in [0.05, 0.1) is 32.3 Å². The Bertz CT molecular complexity index is 2280. The molecule has 273 valence electrons. The van der Waals surface area contributed by atoms with Crippen molar-refractivity contribution in [3.05, 3.63) is 144 Å². The second-order valence-electron chi connectivity index (χ2n) is 10.9. The van der Waals surface area contributed by atoms with Gasteiger partial charge in [0, 0.05) is 65.1 Å². The molecule has 2 heterocycles. The first-order valence-corrected chi connectivity index (χ1v) is 18.4. The summed E-state index contributed by atoms with van der Waals surface area (Å²) in [5.41, 5.74) is 3.86. The van der Waals surface area contributed by atoms with Crippen molar-refractivity contribution in [2.75, 3.05) is 9.44 Å². The van der Waals surface area contributed by atoms with E-state index in [1.807, 2.05) is 12.1 Å². The third-order valence-electron chi connectivity index (χ3n) is 6.96. The van der Waals surface area contributed by atoms with E-state index < -0.39 is 20.0 Å². The minimum absolute atomic E-state index is 0. The SMILES string of the molecule is Cc1ccnc(NS(=O)(=O)c2ccc(N=Cc3ccccc3[OH2+])cc2)n1.Cc1ccnc(NS(=O)(=O)c2ccc(N=Cc3ccccc3[OH2+])cc2)n1.[Co]. The number of hydrogen-bond acceptors (Lipinski definition) is 10. The van der Waals surface area contributed by atoms with Crippen LogP contribution in [0.5, 0.6) is 11.5 Å². The average Bonchev–Trinajstić information content (AvgIpc) is 3.11. The Labute approximate surface area is 316 Å². The summed E-state index contributed by atoms with van der Waals surface area (Å²) in [6.07, 6.45) is 6.12. The Morgan fingerprint density at radius 3 is 1.25 bits per heavy atom. The Morgan fingerprint density at radius 1 is 0.547 bits per heavy atom. The first-order valence-electron chi connectivity index (χ1n) is 15.4. The number of aryl methyl sites for hydroxylation is 2. The molecule has 0 unspecified atom stereocenters. The van der Waals surface area contributed by atoms with E-state index >= 15 is 0 Å². The summed E-state index contributed by atoms with van der Waals surface area (Å²) in [7, 11) is -7.56. The Kier molecular flexibility index (Phi) is 13.5. The monoisotopic (exact) mass is 797 g/mol. The fraction of sp³-hybridized carbons (Fsp3) is 0.0556. The molecule has 0 fully saturated rings. The molecule has 0 atom stereocenters. The van der Waals surface area contributed by atoms with Crippen LogP contribution in [0.1, 0.15) is 22.5 Å². The van der Waals surface area contributed by atoms with Gasteiger partial charge < -0.3 is 10.2 Å². The maximum Gasteiger partial charge on any atom is 0.264 e. The normalized spacial score (nSPS) is 11.4. The summed E-state index contributed by atoms with van der Waals surface area (Å²) in [6, 6.07) is 29.7. The van der Waals surface area contributed by atoms with Gasteiger partial charge in [0.25, 0.3) is 31.5 Å². The van der Waals surface area contributed by atoms with Gasteiger partial charge in [0.2, 0.25) is 11.9 Å². The van der Waals surface area contributed by atoms with Gasteiger partial charge in [-0.2, -0.15) is 0 Å². The molecule has 0 saturated carbocycles. The van der Waals surface area contributed by atoms with Crippen LogP contribution in [0.3, 0.4) is 0 Å². The van der Waals surface area contributed by atoms with Crippen LogP contribution in [-0.4, -0.2) is 59.4 Å². The van der Waals surface area contributed by atoms with Gasteiger partial charge in [-0.1, -0.05) is 24.3 Å². The van der Waals surface area contributed by atoms with Crippen LogP contribution in [0, 0.1) is 13.8 Å². The van der Waals surface area contributed by atoms with Crippen molar-refractivity contribution in [3.63, 3.8) is 0 Å². The molecule has 53 heavy (non-hydrogen) atoms. The van der Waals surface area contributed by atoms with E-state index in [1.54, 1.807) is 99.1 Å². The van der Waals surface area contributed by atoms with Crippen LogP contribution in [0.4, 0.5) is 23.3 Å². The molecule has 14 nitrogen and oxygen atoms in total. The Morgan fingerprint density at radius 2 is 0.906 bits per heavy atom. The maximum atomic E-state index is 12.4. The molecule has 0 aliphatic carbocycles. The number of para-hydroxylation sites is 2. The number of sulfonamides is 2. The minimum atomic E-state index is -3.78. The van der Waals surface area contributed by atoms with Crippen LogP contribution < -0.4 is 9.44 Å². The van der Waals surface area contributed by atoms with E-state index in [1.165, 1.54) is 36.7 Å². The topological polar surface area (TPSA) is 214 Å². The quantitative estimate of drug-likeness (QED) is 0.132. The smallest absolute Gasteiger partial charge is 0.264 e. The molecule has 0 aliphatic heterocycles. The summed E-state index contributed by atoms with van der Waals surface area (Å²) in [4.78, 5) is 24.6. The van der Waals surface area contributed by atoms with Crippen LogP contribution >= 0.6 is 0 Å². The molecule has 1 radical (unpaired) electrons. The zero-order valence-corrected chi connectivity index (χ0v) is 30.8. The van der Waals surface area contributed by atoms with E-state index in [-0.39, 0.29) is 38.5 Å². The summed E-state index contributed by atoms with van der Waals surface area (Å²) in [5, 5.41) is 15.6. The largest absolute Gasteiger partial charge is 0.593 e. The van der Waals surface area contributed by atoms with E-state index in [2.05, 4.69) is 39.4 Å². The number of nitrogens with zero attached hydrogens (tertiary/aromatic N) is 6. The number of aromatic nitrogens is 4. The maximum absolute atomic E-state index is 12.4. The zero-order chi connectivity index (χ0) is 37.1. The number of anilines is 2. The van der Waals surface area contributed by atoms with Crippen LogP contribution in [0.2, 0.25) is 0 Å². The van der Waals surface area contributed by atoms with Crippen LogP contribution in [-0.2, 0) is 36.8 Å². The Hall–Kier alpha value is -6.01. The summed E-state index contributed by atoms with van der Waals surface area (Å²) in [6.45, 7) is 3.50. The molecule has 6 N–H and O–H groups in total. The minimum Gasteiger partial charge on any atom is -0.593 e. The van der Waals surface area contributed by atoms with E-state index in [0.29, 0.717) is 45.4 Å². The number of aliphatic imine (C=N–C) groups is 2. The molecular formula is C36H34CoN8O6S2+2. The van der Waals surface area contributed by atoms with Crippen LogP contribution in [0.25, 0.3) is 0 Å². The molecule has 17 heteroatoms. The molecular weight excluding hydrogens is 764 g/mol. The number of hydrogen-bond donors (Lipinski definition) is 2. The molecule has 0 amide bonds. The number of rotatable bonds is 10. The van der Waals surface area contributed by atoms with Gasteiger partial charge in [0.1, 0.15) is 0 Å². The first-order chi connectivity index (χ1) is 24.9. The number of benzene rings is 4. The molecule has 4 aromatic carbocycles. The second-order valence-corrected chi connectivity index (χ2v) is 14.3. The molecule has 0 aliphatic rings. The second kappa shape index (κ2) is 18.0. The van der Waals surface area contributed by atoms with E-state index in [9.17, 15) is 16.8 Å². The van der Waals surface area contributed by atoms with Crippen molar-refractivity contribution >= 4 is 55.7 Å². The standard InChI is InChI=1S/2C18H16N4O3S.Co/c2*1-13-10-11-19-18(21-13)22-26(24,25)16-8-6-15(7-9-16)20-12-14-4-2-3-5-17(14)23;/h2*2-12,23H,1H3,(H,19,21,22);/p+2. The fourth-order valence-corrected chi connectivity index (χ4v) is 6.19. The molecule has 0 bridgehead atoms. The predicted molar refractivity (Wildman–Crippen MR) is 202 cm³/mol. The summed E-state index contributed by atoms with van der Waals surface area (Å²) >= 11 is 0. The van der Waals surface area contributed by atoms with Crippen molar-refractivity contribution < 1.29 is 43.8 Å². The predicted octanol–water partition coefficient (Wildman–Crippen LogP) is 5.55. The summed E-state index contributed by atoms with van der Waals surface area (Å²) < 4.78 is 54.3. The summed E-state index contributed by atoms with van der Waals surface area (Å²) in [5.74, 6) is 0.800. The molecule has 0 spiro atoms. The third kappa shape index (κ3) is 11.5. The van der Waals surface area contributed by atoms with Gasteiger partial charge >= 0.3 is 0 Å². The van der Waals surface area contributed by atoms with E-state index in [4.69, 9.17) is 10.2 Å². The van der Waals surface area contributed by atoms with Crippen molar-refractivity contribution in [3.8, 4) is 11.5 Å². The average molecular weight is 798 g/mol. The van der Waals surface area contributed by atoms with Gasteiger partial charge in [0.15, 0.2) is 0 Å². The van der Waals surface area contributed by atoms with E-state index in [0.717, 1.165) is 0 Å². The van der Waals surface area contributed by atoms with Gasteiger partial charge in [-0.25, -0.2) is 46.2 Å². The van der Waals surface area contributed by atoms with Gasteiger partial charge in [-0.15, -0.1) is 0 Å². The first kappa shape index (κ1) is 39.8. The van der Waals surface area contributed by atoms with Gasteiger partial charge in [-0.05, 0) is 86.6 Å².